The quantitative estimate of drug-likeness (QED) is 0.744. The smallest absolute Gasteiger partial charge is 0.131 e. The highest BCUT2D eigenvalue weighted by Crippen LogP contribution is 2.21. The molecule has 1 unspecified atom stereocenters. The Bertz CT molecular complexity index is 360. The average Bonchev–Trinajstić information content (AvgIpc) is 2.38. The predicted molar refractivity (Wildman–Crippen MR) is 74.7 cm³/mol. The van der Waals surface area contributed by atoms with Gasteiger partial charge in [0, 0.05) is 24.7 Å². The second kappa shape index (κ2) is 6.54. The van der Waals surface area contributed by atoms with Gasteiger partial charge in [0.15, 0.2) is 0 Å². The van der Waals surface area contributed by atoms with Crippen LogP contribution in [0.3, 0.4) is 0 Å². The van der Waals surface area contributed by atoms with Crippen LogP contribution in [0.1, 0.15) is 39.0 Å². The van der Waals surface area contributed by atoms with E-state index in [4.69, 9.17) is 5.73 Å². The van der Waals surface area contributed by atoms with Gasteiger partial charge in [-0.25, -0.2) is 9.97 Å². The van der Waals surface area contributed by atoms with E-state index in [2.05, 4.69) is 20.6 Å². The first-order valence-electron chi connectivity index (χ1n) is 6.82. The third-order valence-corrected chi connectivity index (χ3v) is 3.23. The Kier molecular flexibility index (Phi) is 4.75. The number of nitrogens with one attached hydrogen (secondary N) is 2. The molecule has 0 amide bonds. The van der Waals surface area contributed by atoms with E-state index in [-0.39, 0.29) is 6.04 Å². The monoisotopic (exact) mass is 249 g/mol. The Morgan fingerprint density at radius 1 is 1.28 bits per heavy atom. The van der Waals surface area contributed by atoms with Crippen LogP contribution in [0.2, 0.25) is 0 Å². The molecule has 0 aliphatic heterocycles. The van der Waals surface area contributed by atoms with E-state index >= 15 is 0 Å². The Hall–Kier alpha value is -1.36. The van der Waals surface area contributed by atoms with Gasteiger partial charge < -0.3 is 16.4 Å². The minimum Gasteiger partial charge on any atom is -0.368 e. The van der Waals surface area contributed by atoms with Crippen molar-refractivity contribution >= 4 is 11.6 Å². The number of nitrogens with zero attached hydrogens (tertiary/aromatic N) is 2. The zero-order chi connectivity index (χ0) is 12.8. The molecule has 1 aliphatic rings. The number of anilines is 2. The van der Waals surface area contributed by atoms with Crippen LogP contribution in [0.5, 0.6) is 0 Å². The van der Waals surface area contributed by atoms with E-state index in [0.29, 0.717) is 6.04 Å². The molecule has 100 valence electrons. The van der Waals surface area contributed by atoms with Gasteiger partial charge in [-0.05, 0) is 19.8 Å². The highest BCUT2D eigenvalue weighted by atomic mass is 15.1. The highest BCUT2D eigenvalue weighted by molar-refractivity contribution is 5.47. The van der Waals surface area contributed by atoms with Crippen molar-refractivity contribution in [3.8, 4) is 0 Å². The van der Waals surface area contributed by atoms with Gasteiger partial charge in [-0.3, -0.25) is 0 Å². The summed E-state index contributed by atoms with van der Waals surface area (Å²) in [5.41, 5.74) is 5.71. The van der Waals surface area contributed by atoms with E-state index in [1.165, 1.54) is 32.1 Å². The van der Waals surface area contributed by atoms with Crippen LogP contribution in [0.4, 0.5) is 11.6 Å². The van der Waals surface area contributed by atoms with Gasteiger partial charge in [0.2, 0.25) is 0 Å². The fourth-order valence-electron chi connectivity index (χ4n) is 2.25. The number of rotatable bonds is 5. The van der Waals surface area contributed by atoms with Crippen molar-refractivity contribution in [1.82, 2.24) is 9.97 Å². The molecule has 1 atom stereocenters. The molecular weight excluding hydrogens is 226 g/mol. The van der Waals surface area contributed by atoms with Gasteiger partial charge in [-0.1, -0.05) is 19.3 Å². The molecule has 0 radical (unpaired) electrons. The summed E-state index contributed by atoms with van der Waals surface area (Å²) in [4.78, 5) is 8.45. The van der Waals surface area contributed by atoms with E-state index in [1.807, 2.05) is 13.0 Å². The van der Waals surface area contributed by atoms with Crippen molar-refractivity contribution in [1.29, 1.82) is 0 Å². The second-order valence-corrected chi connectivity index (χ2v) is 5.13. The number of nitrogens with two attached hydrogens (primary N) is 1. The van der Waals surface area contributed by atoms with Gasteiger partial charge in [-0.2, -0.15) is 0 Å². The summed E-state index contributed by atoms with van der Waals surface area (Å²) in [5, 5.41) is 6.69. The van der Waals surface area contributed by atoms with Gasteiger partial charge in [-0.15, -0.1) is 0 Å². The predicted octanol–water partition coefficient (Wildman–Crippen LogP) is 1.98. The Morgan fingerprint density at radius 3 is 2.72 bits per heavy atom. The molecule has 0 saturated heterocycles. The molecule has 1 aromatic heterocycles. The molecule has 0 bridgehead atoms. The molecule has 18 heavy (non-hydrogen) atoms. The maximum atomic E-state index is 5.71. The minimum atomic E-state index is 0.120. The molecule has 1 heterocycles. The largest absolute Gasteiger partial charge is 0.368 e. The van der Waals surface area contributed by atoms with E-state index in [9.17, 15) is 0 Å². The Morgan fingerprint density at radius 2 is 2.00 bits per heavy atom. The average molecular weight is 249 g/mol. The maximum Gasteiger partial charge on any atom is 0.131 e. The summed E-state index contributed by atoms with van der Waals surface area (Å²) in [5.74, 6) is 1.74. The highest BCUT2D eigenvalue weighted by Gasteiger charge is 2.13. The number of aromatic nitrogens is 2. The third kappa shape index (κ3) is 4.14. The normalized spacial score (nSPS) is 18.3. The van der Waals surface area contributed by atoms with Crippen LogP contribution >= 0.6 is 0 Å². The summed E-state index contributed by atoms with van der Waals surface area (Å²) < 4.78 is 0. The van der Waals surface area contributed by atoms with Crippen molar-refractivity contribution in [2.45, 2.75) is 51.1 Å². The molecule has 1 aromatic rings. The SMILES string of the molecule is CC(N)CNc1cc(NC2CCCCC2)ncn1. The lowest BCUT2D eigenvalue weighted by molar-refractivity contribution is 0.462. The number of hydrogen-bond donors (Lipinski definition) is 3. The van der Waals surface area contributed by atoms with Crippen LogP contribution in [-0.2, 0) is 0 Å². The Balaban J connectivity index is 1.89. The lowest BCUT2D eigenvalue weighted by atomic mass is 9.95. The van der Waals surface area contributed by atoms with Gasteiger partial charge in [0.25, 0.3) is 0 Å². The summed E-state index contributed by atoms with van der Waals surface area (Å²) >= 11 is 0. The maximum absolute atomic E-state index is 5.71. The van der Waals surface area contributed by atoms with E-state index < -0.39 is 0 Å². The second-order valence-electron chi connectivity index (χ2n) is 5.13. The minimum absolute atomic E-state index is 0.120. The van der Waals surface area contributed by atoms with Gasteiger partial charge in [0.05, 0.1) is 0 Å². The first-order valence-corrected chi connectivity index (χ1v) is 6.82. The zero-order valence-electron chi connectivity index (χ0n) is 11.0. The summed E-state index contributed by atoms with van der Waals surface area (Å²) in [7, 11) is 0. The third-order valence-electron chi connectivity index (χ3n) is 3.23. The van der Waals surface area contributed by atoms with Crippen LogP contribution in [0.15, 0.2) is 12.4 Å². The molecule has 5 nitrogen and oxygen atoms in total. The van der Waals surface area contributed by atoms with Crippen molar-refractivity contribution in [3.05, 3.63) is 12.4 Å². The fraction of sp³-hybridized carbons (Fsp3) is 0.692. The van der Waals surface area contributed by atoms with Gasteiger partial charge in [0.1, 0.15) is 18.0 Å². The van der Waals surface area contributed by atoms with Crippen molar-refractivity contribution in [2.24, 2.45) is 5.73 Å². The van der Waals surface area contributed by atoms with Crippen LogP contribution in [-0.4, -0.2) is 28.6 Å². The molecule has 0 aromatic carbocycles. The first-order chi connectivity index (χ1) is 8.74. The lowest BCUT2D eigenvalue weighted by Gasteiger charge is -2.23. The standard InChI is InChI=1S/C13H23N5/c1-10(14)8-15-12-7-13(17-9-16-12)18-11-5-3-2-4-6-11/h7,9-11H,2-6,8,14H2,1H3,(H2,15,16,17,18). The van der Waals surface area contributed by atoms with Gasteiger partial charge >= 0.3 is 0 Å². The van der Waals surface area contributed by atoms with E-state index in [1.54, 1.807) is 6.33 Å². The molecule has 1 fully saturated rings. The zero-order valence-corrected chi connectivity index (χ0v) is 11.0. The van der Waals surface area contributed by atoms with Crippen LogP contribution in [0.25, 0.3) is 0 Å². The molecule has 4 N–H and O–H groups in total. The molecule has 0 spiro atoms. The summed E-state index contributed by atoms with van der Waals surface area (Å²) in [6, 6.07) is 2.64. The van der Waals surface area contributed by atoms with Crippen molar-refractivity contribution in [2.75, 3.05) is 17.2 Å². The van der Waals surface area contributed by atoms with Crippen LogP contribution < -0.4 is 16.4 Å². The molecular formula is C13H23N5. The Labute approximate surface area is 109 Å². The summed E-state index contributed by atoms with van der Waals surface area (Å²) in [6.45, 7) is 2.69. The first kappa shape index (κ1) is 13.1. The topological polar surface area (TPSA) is 75.9 Å². The van der Waals surface area contributed by atoms with Crippen molar-refractivity contribution in [3.63, 3.8) is 0 Å². The van der Waals surface area contributed by atoms with Crippen molar-refractivity contribution < 1.29 is 0 Å². The van der Waals surface area contributed by atoms with E-state index in [0.717, 1.165) is 18.2 Å². The molecule has 1 aliphatic carbocycles. The molecule has 1 saturated carbocycles. The lowest BCUT2D eigenvalue weighted by Crippen LogP contribution is -2.26. The summed E-state index contributed by atoms with van der Waals surface area (Å²) in [6.07, 6.45) is 8.08. The fourth-order valence-corrected chi connectivity index (χ4v) is 2.25. The molecule has 2 rings (SSSR count). The molecule has 5 heteroatoms. The number of hydrogen-bond acceptors (Lipinski definition) is 5. The van der Waals surface area contributed by atoms with Crippen LogP contribution in [0, 0.1) is 0 Å².